The number of benzene rings is 1. The van der Waals surface area contributed by atoms with Crippen LogP contribution in [-0.2, 0) is 20.8 Å². The van der Waals surface area contributed by atoms with E-state index in [0.29, 0.717) is 6.07 Å². The van der Waals surface area contributed by atoms with Crippen LogP contribution in [0.2, 0.25) is 0 Å². The van der Waals surface area contributed by atoms with Gasteiger partial charge in [0.15, 0.2) is 15.7 Å². The Morgan fingerprint density at radius 1 is 1.29 bits per heavy atom. The lowest BCUT2D eigenvalue weighted by molar-refractivity contribution is -0.137. The van der Waals surface area contributed by atoms with Crippen LogP contribution in [-0.4, -0.2) is 40.5 Å². The van der Waals surface area contributed by atoms with Crippen molar-refractivity contribution >= 4 is 22.0 Å². The molecule has 0 saturated carbocycles. The Bertz CT molecular complexity index is 917. The van der Waals surface area contributed by atoms with Crippen molar-refractivity contribution in [2.75, 3.05) is 6.26 Å². The third kappa shape index (κ3) is 4.19. The number of hydrogen-bond acceptors (Lipinski definition) is 5. The SMILES string of the molecule is CS(=O)(=O)c1cc(-c2ncn(/C=C\C(=O)O)n2)cc(C(F)(F)F)c1. The van der Waals surface area contributed by atoms with Gasteiger partial charge >= 0.3 is 12.1 Å². The smallest absolute Gasteiger partial charge is 0.416 e. The van der Waals surface area contributed by atoms with E-state index in [1.54, 1.807) is 0 Å². The third-order valence-corrected chi connectivity index (χ3v) is 3.89. The zero-order valence-corrected chi connectivity index (χ0v) is 12.8. The molecule has 11 heteroatoms. The molecule has 24 heavy (non-hydrogen) atoms. The first-order chi connectivity index (χ1) is 11.0. The van der Waals surface area contributed by atoms with Crippen LogP contribution in [0.4, 0.5) is 13.2 Å². The van der Waals surface area contributed by atoms with Crippen LogP contribution < -0.4 is 0 Å². The highest BCUT2D eigenvalue weighted by molar-refractivity contribution is 7.90. The fourth-order valence-corrected chi connectivity index (χ4v) is 2.41. The van der Waals surface area contributed by atoms with Gasteiger partial charge in [-0.3, -0.25) is 0 Å². The Hall–Kier alpha value is -2.69. The van der Waals surface area contributed by atoms with Gasteiger partial charge in [0.25, 0.3) is 0 Å². The lowest BCUT2D eigenvalue weighted by Crippen LogP contribution is -2.08. The molecular formula is C13H10F3N3O4S. The van der Waals surface area contributed by atoms with Gasteiger partial charge in [0.05, 0.1) is 10.5 Å². The molecule has 0 unspecified atom stereocenters. The summed E-state index contributed by atoms with van der Waals surface area (Å²) in [4.78, 5) is 13.7. The molecule has 0 aliphatic carbocycles. The summed E-state index contributed by atoms with van der Waals surface area (Å²) in [5.74, 6) is -1.42. The number of carboxylic acid groups (broad SMARTS) is 1. The molecule has 0 atom stereocenters. The highest BCUT2D eigenvalue weighted by atomic mass is 32.2. The second kappa shape index (κ2) is 6.07. The molecule has 1 aromatic carbocycles. The van der Waals surface area contributed by atoms with E-state index < -0.39 is 32.4 Å². The molecule has 0 fully saturated rings. The molecule has 0 spiro atoms. The van der Waals surface area contributed by atoms with Gasteiger partial charge in [-0.1, -0.05) is 0 Å². The van der Waals surface area contributed by atoms with Gasteiger partial charge in [0.2, 0.25) is 0 Å². The van der Waals surface area contributed by atoms with E-state index in [-0.39, 0.29) is 11.4 Å². The second-order valence-corrected chi connectivity index (χ2v) is 6.73. The lowest BCUT2D eigenvalue weighted by Gasteiger charge is -2.10. The van der Waals surface area contributed by atoms with Gasteiger partial charge in [-0.15, -0.1) is 5.10 Å². The summed E-state index contributed by atoms with van der Waals surface area (Å²) >= 11 is 0. The van der Waals surface area contributed by atoms with Crippen molar-refractivity contribution in [3.8, 4) is 11.4 Å². The number of halogens is 3. The normalized spacial score (nSPS) is 12.7. The van der Waals surface area contributed by atoms with E-state index in [9.17, 15) is 26.4 Å². The Kier molecular flexibility index (Phi) is 4.47. The highest BCUT2D eigenvalue weighted by Crippen LogP contribution is 2.33. The first kappa shape index (κ1) is 17.7. The Balaban J connectivity index is 2.56. The highest BCUT2D eigenvalue weighted by Gasteiger charge is 2.32. The van der Waals surface area contributed by atoms with Crippen molar-refractivity contribution in [2.45, 2.75) is 11.1 Å². The molecule has 0 amide bonds. The molecule has 1 N–H and O–H groups in total. The monoisotopic (exact) mass is 361 g/mol. The molecule has 0 radical (unpaired) electrons. The molecule has 0 aliphatic rings. The Morgan fingerprint density at radius 3 is 2.50 bits per heavy atom. The molecular weight excluding hydrogens is 351 g/mol. The van der Waals surface area contributed by atoms with E-state index in [4.69, 9.17) is 5.11 Å². The van der Waals surface area contributed by atoms with Crippen molar-refractivity contribution in [2.24, 2.45) is 0 Å². The van der Waals surface area contributed by atoms with Crippen LogP contribution in [0.5, 0.6) is 0 Å². The van der Waals surface area contributed by atoms with Gasteiger partial charge in [-0.2, -0.15) is 13.2 Å². The van der Waals surface area contributed by atoms with Crippen LogP contribution in [0.1, 0.15) is 5.56 Å². The fourth-order valence-electron chi connectivity index (χ4n) is 1.72. The Morgan fingerprint density at radius 2 is 1.96 bits per heavy atom. The Labute approximate surface area is 134 Å². The minimum absolute atomic E-state index is 0.160. The van der Waals surface area contributed by atoms with Crippen molar-refractivity contribution in [1.82, 2.24) is 14.8 Å². The van der Waals surface area contributed by atoms with E-state index in [1.807, 2.05) is 0 Å². The number of carboxylic acids is 1. The first-order valence-corrected chi connectivity index (χ1v) is 8.11. The maximum Gasteiger partial charge on any atom is 0.416 e. The first-order valence-electron chi connectivity index (χ1n) is 6.22. The summed E-state index contributed by atoms with van der Waals surface area (Å²) in [6, 6.07) is 2.26. The third-order valence-electron chi connectivity index (χ3n) is 2.80. The van der Waals surface area contributed by atoms with Crippen molar-refractivity contribution in [3.05, 3.63) is 36.2 Å². The summed E-state index contributed by atoms with van der Waals surface area (Å²) in [6.45, 7) is 0. The average Bonchev–Trinajstić information content (AvgIpc) is 2.91. The number of alkyl halides is 3. The number of aliphatic carboxylic acids is 1. The van der Waals surface area contributed by atoms with Crippen molar-refractivity contribution in [1.29, 1.82) is 0 Å². The largest absolute Gasteiger partial charge is 0.478 e. The van der Waals surface area contributed by atoms with E-state index in [1.165, 1.54) is 0 Å². The lowest BCUT2D eigenvalue weighted by atomic mass is 10.1. The molecule has 1 heterocycles. The van der Waals surface area contributed by atoms with Crippen LogP contribution in [0.15, 0.2) is 35.5 Å². The van der Waals surface area contributed by atoms with E-state index in [0.717, 1.165) is 41.7 Å². The molecule has 2 rings (SSSR count). The van der Waals surface area contributed by atoms with Crippen molar-refractivity contribution in [3.63, 3.8) is 0 Å². The van der Waals surface area contributed by atoms with Crippen LogP contribution in [0.25, 0.3) is 17.6 Å². The summed E-state index contributed by atoms with van der Waals surface area (Å²) in [6.07, 6.45) is -1.10. The zero-order chi connectivity index (χ0) is 18.1. The van der Waals surface area contributed by atoms with Crippen LogP contribution in [0, 0.1) is 0 Å². The van der Waals surface area contributed by atoms with Crippen molar-refractivity contribution < 1.29 is 31.5 Å². The fraction of sp³-hybridized carbons (Fsp3) is 0.154. The second-order valence-electron chi connectivity index (χ2n) is 4.72. The molecule has 128 valence electrons. The van der Waals surface area contributed by atoms with Crippen LogP contribution in [0.3, 0.4) is 0 Å². The number of aromatic nitrogens is 3. The number of sulfone groups is 1. The summed E-state index contributed by atoms with van der Waals surface area (Å²) in [7, 11) is -3.88. The predicted molar refractivity (Wildman–Crippen MR) is 76.5 cm³/mol. The summed E-state index contributed by atoms with van der Waals surface area (Å²) in [5, 5.41) is 12.3. The van der Waals surface area contributed by atoms with Gasteiger partial charge in [-0.25, -0.2) is 22.9 Å². The number of carbonyl (C=O) groups is 1. The van der Waals surface area contributed by atoms with Gasteiger partial charge < -0.3 is 5.11 Å². The molecule has 0 saturated heterocycles. The maximum atomic E-state index is 12.9. The molecule has 1 aromatic heterocycles. The topological polar surface area (TPSA) is 102 Å². The van der Waals surface area contributed by atoms with Gasteiger partial charge in [-0.05, 0) is 18.2 Å². The van der Waals surface area contributed by atoms with Gasteiger partial charge in [0.1, 0.15) is 6.33 Å². The number of rotatable bonds is 4. The van der Waals surface area contributed by atoms with E-state index in [2.05, 4.69) is 10.1 Å². The zero-order valence-electron chi connectivity index (χ0n) is 12.0. The molecule has 0 aliphatic heterocycles. The van der Waals surface area contributed by atoms with E-state index >= 15 is 0 Å². The predicted octanol–water partition coefficient (Wildman–Crippen LogP) is 1.92. The average molecular weight is 361 g/mol. The standard InChI is InChI=1S/C13H10F3N3O4S/c1-24(22,23)10-5-8(4-9(6-10)13(14,15)16)12-17-7-19(18-12)3-2-11(20)21/h2-7H,1H3,(H,20,21)/b3-2-. The maximum absolute atomic E-state index is 12.9. The minimum atomic E-state index is -4.75. The number of hydrogen-bond donors (Lipinski definition) is 1. The molecule has 2 aromatic rings. The summed E-state index contributed by atoms with van der Waals surface area (Å²) in [5.41, 5.74) is -1.31. The molecule has 0 bridgehead atoms. The van der Waals surface area contributed by atoms with Gasteiger partial charge in [0, 0.05) is 24.1 Å². The minimum Gasteiger partial charge on any atom is -0.478 e. The number of nitrogens with zero attached hydrogens (tertiary/aromatic N) is 3. The summed E-state index contributed by atoms with van der Waals surface area (Å²) < 4.78 is 63.0. The quantitative estimate of drug-likeness (QED) is 0.835. The van der Waals surface area contributed by atoms with Crippen LogP contribution >= 0.6 is 0 Å². The molecule has 7 nitrogen and oxygen atoms in total.